The van der Waals surface area contributed by atoms with Gasteiger partial charge in [0.05, 0.1) is 0 Å². The minimum absolute atomic E-state index is 0.244. The van der Waals surface area contributed by atoms with Crippen LogP contribution >= 0.6 is 7.92 Å². The number of rotatable bonds is 5. The summed E-state index contributed by atoms with van der Waals surface area (Å²) in [5.41, 5.74) is 1.27. The molecule has 0 aromatic heterocycles. The molecule has 18 heavy (non-hydrogen) atoms. The molecule has 0 aliphatic heterocycles. The maximum atomic E-state index is 4.02. The first-order valence-corrected chi connectivity index (χ1v) is 7.82. The van der Waals surface area contributed by atoms with E-state index in [1.54, 1.807) is 0 Å². The Morgan fingerprint density at radius 1 is 0.889 bits per heavy atom. The first-order valence-electron chi connectivity index (χ1n) is 6.29. The van der Waals surface area contributed by atoms with Crippen LogP contribution in [-0.4, -0.2) is 6.16 Å². The number of hydrogen-bond donors (Lipinski definition) is 0. The van der Waals surface area contributed by atoms with Crippen LogP contribution in [0.5, 0.6) is 0 Å². The number of hydrogen-bond acceptors (Lipinski definition) is 0. The molecule has 0 unspecified atom stereocenters. The van der Waals surface area contributed by atoms with Crippen molar-refractivity contribution < 1.29 is 0 Å². The minimum Gasteiger partial charge on any atom is -0.100 e. The third kappa shape index (κ3) is 3.55. The smallest absolute Gasteiger partial charge is 0.0195 e. The van der Waals surface area contributed by atoms with Crippen molar-refractivity contribution in [3.8, 4) is 0 Å². The minimum atomic E-state index is -0.244. The van der Waals surface area contributed by atoms with E-state index in [0.717, 1.165) is 6.42 Å². The van der Waals surface area contributed by atoms with E-state index in [-0.39, 0.29) is 7.92 Å². The lowest BCUT2D eigenvalue weighted by Crippen LogP contribution is -2.13. The fraction of sp³-hybridized carbons (Fsp3) is 0.176. The van der Waals surface area contributed by atoms with Gasteiger partial charge in [0.25, 0.3) is 0 Å². The van der Waals surface area contributed by atoms with Crippen molar-refractivity contribution in [3.63, 3.8) is 0 Å². The third-order valence-electron chi connectivity index (χ3n) is 2.90. The van der Waals surface area contributed by atoms with E-state index >= 15 is 0 Å². The lowest BCUT2D eigenvalue weighted by Gasteiger charge is -2.18. The first kappa shape index (κ1) is 13.1. The highest BCUT2D eigenvalue weighted by atomic mass is 31.1. The summed E-state index contributed by atoms with van der Waals surface area (Å²) >= 11 is 0. The predicted molar refractivity (Wildman–Crippen MR) is 83.4 cm³/mol. The van der Waals surface area contributed by atoms with Crippen molar-refractivity contribution in [1.82, 2.24) is 0 Å². The Morgan fingerprint density at radius 2 is 1.33 bits per heavy atom. The SMILES string of the molecule is C=C(C)CCP(c1ccccc1)c1ccccc1. The van der Waals surface area contributed by atoms with E-state index in [2.05, 4.69) is 74.2 Å². The average Bonchev–Trinajstić information content (AvgIpc) is 2.41. The van der Waals surface area contributed by atoms with Crippen LogP contribution in [0.4, 0.5) is 0 Å². The van der Waals surface area contributed by atoms with E-state index in [1.165, 1.54) is 22.3 Å². The van der Waals surface area contributed by atoms with Crippen molar-refractivity contribution in [1.29, 1.82) is 0 Å². The van der Waals surface area contributed by atoms with Crippen LogP contribution < -0.4 is 10.6 Å². The zero-order valence-corrected chi connectivity index (χ0v) is 11.7. The van der Waals surface area contributed by atoms with Crippen LogP contribution in [0.2, 0.25) is 0 Å². The number of allylic oxidation sites excluding steroid dienone is 1. The van der Waals surface area contributed by atoms with Gasteiger partial charge in [0.15, 0.2) is 0 Å². The van der Waals surface area contributed by atoms with Gasteiger partial charge in [-0.15, -0.1) is 6.58 Å². The van der Waals surface area contributed by atoms with Crippen LogP contribution in [0.25, 0.3) is 0 Å². The first-order chi connectivity index (χ1) is 8.77. The Hall–Kier alpha value is -1.39. The molecule has 0 saturated heterocycles. The lowest BCUT2D eigenvalue weighted by atomic mass is 10.3. The van der Waals surface area contributed by atoms with Crippen molar-refractivity contribution in [2.45, 2.75) is 13.3 Å². The molecule has 0 heterocycles. The summed E-state index contributed by atoms with van der Waals surface area (Å²) < 4.78 is 0. The molecule has 0 atom stereocenters. The fourth-order valence-corrected chi connectivity index (χ4v) is 4.41. The van der Waals surface area contributed by atoms with Gasteiger partial charge in [-0.25, -0.2) is 0 Å². The van der Waals surface area contributed by atoms with Crippen molar-refractivity contribution in [2.75, 3.05) is 6.16 Å². The highest BCUT2D eigenvalue weighted by Crippen LogP contribution is 2.34. The summed E-state index contributed by atoms with van der Waals surface area (Å²) in [7, 11) is -0.244. The molecule has 0 spiro atoms. The van der Waals surface area contributed by atoms with Crippen LogP contribution in [0.15, 0.2) is 72.8 Å². The zero-order valence-electron chi connectivity index (χ0n) is 10.8. The van der Waals surface area contributed by atoms with Gasteiger partial charge in [-0.3, -0.25) is 0 Å². The van der Waals surface area contributed by atoms with E-state index in [1.807, 2.05) is 0 Å². The van der Waals surface area contributed by atoms with Gasteiger partial charge in [0.2, 0.25) is 0 Å². The molecule has 0 fully saturated rings. The standard InChI is InChI=1S/C17H19P/c1-15(2)13-14-18(16-9-5-3-6-10-16)17-11-7-4-8-12-17/h3-12H,1,13-14H2,2H3. The van der Waals surface area contributed by atoms with Crippen molar-refractivity contribution in [3.05, 3.63) is 72.8 Å². The quantitative estimate of drug-likeness (QED) is 0.557. The van der Waals surface area contributed by atoms with Crippen LogP contribution in [0, 0.1) is 0 Å². The monoisotopic (exact) mass is 254 g/mol. The fourth-order valence-electron chi connectivity index (χ4n) is 1.93. The summed E-state index contributed by atoms with van der Waals surface area (Å²) in [6.45, 7) is 6.14. The van der Waals surface area contributed by atoms with E-state index in [9.17, 15) is 0 Å². The Kier molecular flexibility index (Phi) is 4.73. The summed E-state index contributed by atoms with van der Waals surface area (Å²) in [4.78, 5) is 0. The molecule has 0 nitrogen and oxygen atoms in total. The Balaban J connectivity index is 2.26. The molecular weight excluding hydrogens is 235 g/mol. The molecule has 0 saturated carbocycles. The van der Waals surface area contributed by atoms with Crippen molar-refractivity contribution >= 4 is 18.5 Å². The third-order valence-corrected chi connectivity index (χ3v) is 5.41. The van der Waals surface area contributed by atoms with E-state index in [4.69, 9.17) is 0 Å². The molecule has 0 amide bonds. The number of benzene rings is 2. The van der Waals surface area contributed by atoms with Gasteiger partial charge in [-0.2, -0.15) is 0 Å². The molecular formula is C17H19P. The van der Waals surface area contributed by atoms with Crippen molar-refractivity contribution in [2.24, 2.45) is 0 Å². The van der Waals surface area contributed by atoms with Gasteiger partial charge in [-0.1, -0.05) is 66.2 Å². The van der Waals surface area contributed by atoms with Gasteiger partial charge in [0, 0.05) is 0 Å². The molecule has 1 heteroatoms. The largest absolute Gasteiger partial charge is 0.100 e. The normalized spacial score (nSPS) is 10.6. The second kappa shape index (κ2) is 6.52. The van der Waals surface area contributed by atoms with Crippen LogP contribution in [0.1, 0.15) is 13.3 Å². The topological polar surface area (TPSA) is 0 Å². The molecule has 2 rings (SSSR count). The zero-order chi connectivity index (χ0) is 12.8. The van der Waals surface area contributed by atoms with Gasteiger partial charge < -0.3 is 0 Å². The molecule has 0 radical (unpaired) electrons. The Bertz CT molecular complexity index is 448. The summed E-state index contributed by atoms with van der Waals surface area (Å²) in [5, 5.41) is 2.92. The van der Waals surface area contributed by atoms with Crippen LogP contribution in [0.3, 0.4) is 0 Å². The maximum Gasteiger partial charge on any atom is -0.0195 e. The molecule has 0 N–H and O–H groups in total. The second-order valence-electron chi connectivity index (χ2n) is 4.53. The molecule has 2 aromatic carbocycles. The molecule has 0 aliphatic rings. The second-order valence-corrected chi connectivity index (χ2v) is 6.87. The summed E-state index contributed by atoms with van der Waals surface area (Å²) in [6.07, 6.45) is 2.30. The van der Waals surface area contributed by atoms with Gasteiger partial charge in [-0.05, 0) is 38.0 Å². The van der Waals surface area contributed by atoms with E-state index in [0.29, 0.717) is 0 Å². The Labute approximate surface area is 111 Å². The molecule has 92 valence electrons. The highest BCUT2D eigenvalue weighted by Gasteiger charge is 2.12. The Morgan fingerprint density at radius 3 is 1.72 bits per heavy atom. The summed E-state index contributed by atoms with van der Waals surface area (Å²) in [5.74, 6) is 0. The molecule has 0 aliphatic carbocycles. The highest BCUT2D eigenvalue weighted by molar-refractivity contribution is 7.73. The van der Waals surface area contributed by atoms with E-state index < -0.39 is 0 Å². The predicted octanol–water partition coefficient (Wildman–Crippen LogP) is 4.09. The van der Waals surface area contributed by atoms with Crippen LogP contribution in [-0.2, 0) is 0 Å². The lowest BCUT2D eigenvalue weighted by molar-refractivity contribution is 1.12. The van der Waals surface area contributed by atoms with Gasteiger partial charge >= 0.3 is 0 Å². The average molecular weight is 254 g/mol. The molecule has 0 bridgehead atoms. The summed E-state index contributed by atoms with van der Waals surface area (Å²) in [6, 6.07) is 21.7. The molecule has 2 aromatic rings. The maximum absolute atomic E-state index is 4.02. The van der Waals surface area contributed by atoms with Gasteiger partial charge in [0.1, 0.15) is 0 Å².